The van der Waals surface area contributed by atoms with Crippen molar-refractivity contribution in [3.8, 4) is 5.75 Å². The highest BCUT2D eigenvalue weighted by molar-refractivity contribution is 5.76. The van der Waals surface area contributed by atoms with E-state index < -0.39 is 0 Å². The van der Waals surface area contributed by atoms with Crippen molar-refractivity contribution < 1.29 is 9.53 Å². The first-order chi connectivity index (χ1) is 9.28. The van der Waals surface area contributed by atoms with Crippen LogP contribution in [0.2, 0.25) is 0 Å². The molecule has 19 heavy (non-hydrogen) atoms. The second-order valence-electron chi connectivity index (χ2n) is 4.95. The fourth-order valence-electron chi connectivity index (χ4n) is 2.36. The number of carbonyl (C=O) groups is 1. The number of methoxy groups -OCH3 is 1. The van der Waals surface area contributed by atoms with Gasteiger partial charge in [0.25, 0.3) is 0 Å². The molecular formula is C15H22N2O2. The summed E-state index contributed by atoms with van der Waals surface area (Å²) in [7, 11) is 1.67. The average Bonchev–Trinajstić information content (AvgIpc) is 2.64. The minimum atomic E-state index is 0.166. The zero-order valence-electron chi connectivity index (χ0n) is 11.4. The van der Waals surface area contributed by atoms with Crippen molar-refractivity contribution in [1.82, 2.24) is 10.6 Å². The first kappa shape index (κ1) is 13.9. The number of hydrogen-bond donors (Lipinski definition) is 2. The van der Waals surface area contributed by atoms with Gasteiger partial charge < -0.3 is 15.4 Å². The van der Waals surface area contributed by atoms with E-state index >= 15 is 0 Å². The Bertz CT molecular complexity index is 403. The summed E-state index contributed by atoms with van der Waals surface area (Å²) in [5.74, 6) is 1.05. The summed E-state index contributed by atoms with van der Waals surface area (Å²) in [5, 5.41) is 6.38. The Labute approximate surface area is 114 Å². The first-order valence-electron chi connectivity index (χ1n) is 6.91. The topological polar surface area (TPSA) is 50.4 Å². The molecule has 1 aromatic rings. The number of rotatable bonds is 5. The lowest BCUT2D eigenvalue weighted by molar-refractivity contribution is -0.121. The molecule has 1 aliphatic heterocycles. The molecule has 0 radical (unpaired) electrons. The van der Waals surface area contributed by atoms with Gasteiger partial charge in [-0.05, 0) is 43.5 Å². The van der Waals surface area contributed by atoms with Crippen molar-refractivity contribution >= 4 is 5.91 Å². The molecule has 1 fully saturated rings. The van der Waals surface area contributed by atoms with Gasteiger partial charge in [-0.25, -0.2) is 0 Å². The first-order valence-corrected chi connectivity index (χ1v) is 6.91. The molecule has 0 aromatic heterocycles. The van der Waals surface area contributed by atoms with Crippen molar-refractivity contribution in [2.75, 3.05) is 20.2 Å². The Hall–Kier alpha value is -1.55. The van der Waals surface area contributed by atoms with Crippen LogP contribution in [-0.2, 0) is 11.2 Å². The molecule has 0 spiro atoms. The molecule has 4 heteroatoms. The van der Waals surface area contributed by atoms with Crippen LogP contribution in [0.4, 0.5) is 0 Å². The van der Waals surface area contributed by atoms with Crippen molar-refractivity contribution in [2.45, 2.75) is 31.7 Å². The van der Waals surface area contributed by atoms with E-state index in [9.17, 15) is 4.79 Å². The molecule has 0 bridgehead atoms. The minimum Gasteiger partial charge on any atom is -0.497 e. The Morgan fingerprint density at radius 3 is 2.89 bits per heavy atom. The van der Waals surface area contributed by atoms with E-state index in [0.29, 0.717) is 12.5 Å². The second-order valence-corrected chi connectivity index (χ2v) is 4.95. The van der Waals surface area contributed by atoms with E-state index in [4.69, 9.17) is 4.74 Å². The van der Waals surface area contributed by atoms with E-state index in [-0.39, 0.29) is 5.91 Å². The number of ether oxygens (including phenoxy) is 1. The van der Waals surface area contributed by atoms with Gasteiger partial charge in [-0.15, -0.1) is 0 Å². The predicted octanol–water partition coefficient (Wildman–Crippen LogP) is 1.50. The Morgan fingerprint density at radius 1 is 1.37 bits per heavy atom. The summed E-state index contributed by atoms with van der Waals surface area (Å²) < 4.78 is 5.13. The average molecular weight is 262 g/mol. The van der Waals surface area contributed by atoms with E-state index in [2.05, 4.69) is 22.8 Å². The van der Waals surface area contributed by atoms with Crippen LogP contribution in [0.25, 0.3) is 0 Å². The lowest BCUT2D eigenvalue weighted by atomic mass is 10.1. The fraction of sp³-hybridized carbons (Fsp3) is 0.533. The standard InChI is InChI=1S/C15H22N2O2/c1-19-14-6-4-12(5-7-14)8-10-16-13-3-2-9-17-15(18)11-13/h4-7,13,16H,2-3,8-11H2,1H3,(H,17,18). The summed E-state index contributed by atoms with van der Waals surface area (Å²) in [6, 6.07) is 8.45. The van der Waals surface area contributed by atoms with Gasteiger partial charge in [0.1, 0.15) is 5.75 Å². The van der Waals surface area contributed by atoms with Crippen LogP contribution in [0.1, 0.15) is 24.8 Å². The van der Waals surface area contributed by atoms with Gasteiger partial charge in [0.05, 0.1) is 7.11 Å². The normalized spacial score (nSPS) is 19.6. The molecule has 1 aliphatic rings. The minimum absolute atomic E-state index is 0.166. The summed E-state index contributed by atoms with van der Waals surface area (Å²) in [6.07, 6.45) is 3.71. The highest BCUT2D eigenvalue weighted by Gasteiger charge is 2.16. The summed E-state index contributed by atoms with van der Waals surface area (Å²) >= 11 is 0. The van der Waals surface area contributed by atoms with Gasteiger partial charge in [0.15, 0.2) is 0 Å². The molecule has 2 N–H and O–H groups in total. The predicted molar refractivity (Wildman–Crippen MR) is 75.3 cm³/mol. The summed E-state index contributed by atoms with van der Waals surface area (Å²) in [6.45, 7) is 1.72. The molecule has 1 aromatic carbocycles. The molecule has 4 nitrogen and oxygen atoms in total. The second kappa shape index (κ2) is 7.14. The summed E-state index contributed by atoms with van der Waals surface area (Å²) in [4.78, 5) is 11.4. The maximum absolute atomic E-state index is 11.4. The zero-order valence-corrected chi connectivity index (χ0v) is 11.4. The molecular weight excluding hydrogens is 240 g/mol. The van der Waals surface area contributed by atoms with E-state index in [1.807, 2.05) is 12.1 Å². The van der Waals surface area contributed by atoms with Gasteiger partial charge in [-0.3, -0.25) is 4.79 Å². The highest BCUT2D eigenvalue weighted by Crippen LogP contribution is 2.12. The number of nitrogens with one attached hydrogen (secondary N) is 2. The van der Waals surface area contributed by atoms with E-state index in [1.165, 1.54) is 5.56 Å². The van der Waals surface area contributed by atoms with Crippen molar-refractivity contribution in [3.63, 3.8) is 0 Å². The molecule has 1 heterocycles. The molecule has 104 valence electrons. The van der Waals surface area contributed by atoms with Gasteiger partial charge in [-0.2, -0.15) is 0 Å². The monoisotopic (exact) mass is 262 g/mol. The van der Waals surface area contributed by atoms with Crippen LogP contribution >= 0.6 is 0 Å². The molecule has 1 atom stereocenters. The van der Waals surface area contributed by atoms with Crippen LogP contribution in [0.3, 0.4) is 0 Å². The van der Waals surface area contributed by atoms with E-state index in [0.717, 1.165) is 38.1 Å². The Morgan fingerprint density at radius 2 is 2.16 bits per heavy atom. The largest absolute Gasteiger partial charge is 0.497 e. The third-order valence-corrected chi connectivity index (χ3v) is 3.49. The Kier molecular flexibility index (Phi) is 5.21. The maximum atomic E-state index is 11.4. The van der Waals surface area contributed by atoms with Crippen LogP contribution in [0, 0.1) is 0 Å². The summed E-state index contributed by atoms with van der Waals surface area (Å²) in [5.41, 5.74) is 1.28. The van der Waals surface area contributed by atoms with Crippen molar-refractivity contribution in [1.29, 1.82) is 0 Å². The van der Waals surface area contributed by atoms with Crippen LogP contribution < -0.4 is 15.4 Å². The zero-order chi connectivity index (χ0) is 13.5. The molecule has 2 rings (SSSR count). The lowest BCUT2D eigenvalue weighted by Crippen LogP contribution is -2.33. The fourth-order valence-corrected chi connectivity index (χ4v) is 2.36. The smallest absolute Gasteiger partial charge is 0.221 e. The van der Waals surface area contributed by atoms with Crippen molar-refractivity contribution in [2.24, 2.45) is 0 Å². The van der Waals surface area contributed by atoms with Crippen LogP contribution in [-0.4, -0.2) is 32.1 Å². The van der Waals surface area contributed by atoms with Gasteiger partial charge in [0, 0.05) is 19.0 Å². The molecule has 1 saturated heterocycles. The quantitative estimate of drug-likeness (QED) is 0.845. The number of carbonyl (C=O) groups excluding carboxylic acids is 1. The molecule has 0 saturated carbocycles. The van der Waals surface area contributed by atoms with Gasteiger partial charge >= 0.3 is 0 Å². The SMILES string of the molecule is COc1ccc(CCNC2CCCNC(=O)C2)cc1. The molecule has 0 aliphatic carbocycles. The lowest BCUT2D eigenvalue weighted by Gasteiger charge is -2.15. The Balaban J connectivity index is 1.74. The number of hydrogen-bond acceptors (Lipinski definition) is 3. The van der Waals surface area contributed by atoms with Gasteiger partial charge in [0.2, 0.25) is 5.91 Å². The maximum Gasteiger partial charge on any atom is 0.221 e. The molecule has 1 unspecified atom stereocenters. The van der Waals surface area contributed by atoms with Crippen LogP contribution in [0.5, 0.6) is 5.75 Å². The van der Waals surface area contributed by atoms with Gasteiger partial charge in [-0.1, -0.05) is 12.1 Å². The third-order valence-electron chi connectivity index (χ3n) is 3.49. The highest BCUT2D eigenvalue weighted by atomic mass is 16.5. The number of benzene rings is 1. The van der Waals surface area contributed by atoms with Crippen LogP contribution in [0.15, 0.2) is 24.3 Å². The number of amides is 1. The van der Waals surface area contributed by atoms with E-state index in [1.54, 1.807) is 7.11 Å². The third kappa shape index (κ3) is 4.56. The van der Waals surface area contributed by atoms with Crippen molar-refractivity contribution in [3.05, 3.63) is 29.8 Å². The molecule has 1 amide bonds.